The molecule has 0 saturated carbocycles. The van der Waals surface area contributed by atoms with Gasteiger partial charge in [-0.05, 0) is 13.3 Å². The lowest BCUT2D eigenvalue weighted by molar-refractivity contribution is 0.891. The van der Waals surface area contributed by atoms with Gasteiger partial charge in [-0.1, -0.05) is 6.92 Å². The summed E-state index contributed by atoms with van der Waals surface area (Å²) in [6.07, 6.45) is 4.53. The Morgan fingerprint density at radius 1 is 1.35 bits per heavy atom. The maximum Gasteiger partial charge on any atom is 0.198 e. The first-order valence-electron chi connectivity index (χ1n) is 5.70. The lowest BCUT2D eigenvalue weighted by Gasteiger charge is -2.10. The quantitative estimate of drug-likeness (QED) is 0.875. The van der Waals surface area contributed by atoms with Crippen molar-refractivity contribution in [3.8, 4) is 11.6 Å². The number of nitrogens with zero attached hydrogens (tertiary/aromatic N) is 4. The first-order valence-corrected chi connectivity index (χ1v) is 5.70. The molecule has 0 aliphatic rings. The Morgan fingerprint density at radius 3 is 2.65 bits per heavy atom. The standard InChI is InChI=1S/C12H17N5/c1-5-9-8(2)10(13-3)16-11(15-9)12-14-6-7-17(12)4/h6-7H,5H2,1-4H3,(H,13,15,16). The molecule has 0 spiro atoms. The normalized spacial score (nSPS) is 10.6. The monoisotopic (exact) mass is 231 g/mol. The number of rotatable bonds is 3. The molecule has 0 saturated heterocycles. The van der Waals surface area contributed by atoms with Crippen molar-refractivity contribution in [2.45, 2.75) is 20.3 Å². The largest absolute Gasteiger partial charge is 0.373 e. The molecule has 2 heterocycles. The van der Waals surface area contributed by atoms with Gasteiger partial charge in [0, 0.05) is 37.7 Å². The van der Waals surface area contributed by atoms with Crippen molar-refractivity contribution in [2.24, 2.45) is 7.05 Å². The van der Waals surface area contributed by atoms with Gasteiger partial charge in [0.25, 0.3) is 0 Å². The molecule has 0 aliphatic carbocycles. The summed E-state index contributed by atoms with van der Waals surface area (Å²) in [5, 5.41) is 3.10. The number of aryl methyl sites for hydroxylation is 2. The number of nitrogens with one attached hydrogen (secondary N) is 1. The highest BCUT2D eigenvalue weighted by Gasteiger charge is 2.12. The molecule has 2 aromatic rings. The van der Waals surface area contributed by atoms with Gasteiger partial charge in [-0.3, -0.25) is 0 Å². The summed E-state index contributed by atoms with van der Waals surface area (Å²) >= 11 is 0. The van der Waals surface area contributed by atoms with E-state index in [1.807, 2.05) is 31.8 Å². The van der Waals surface area contributed by atoms with Crippen molar-refractivity contribution in [1.29, 1.82) is 0 Å². The molecule has 17 heavy (non-hydrogen) atoms. The summed E-state index contributed by atoms with van der Waals surface area (Å²) in [4.78, 5) is 13.3. The fourth-order valence-corrected chi connectivity index (χ4v) is 1.83. The zero-order valence-corrected chi connectivity index (χ0v) is 10.7. The molecule has 0 amide bonds. The van der Waals surface area contributed by atoms with Gasteiger partial charge in [0.2, 0.25) is 0 Å². The van der Waals surface area contributed by atoms with Gasteiger partial charge in [-0.2, -0.15) is 0 Å². The fraction of sp³-hybridized carbons (Fsp3) is 0.417. The van der Waals surface area contributed by atoms with Crippen molar-refractivity contribution in [3.63, 3.8) is 0 Å². The van der Waals surface area contributed by atoms with Crippen molar-refractivity contribution in [3.05, 3.63) is 23.7 Å². The predicted molar refractivity (Wildman–Crippen MR) is 67.9 cm³/mol. The average molecular weight is 231 g/mol. The van der Waals surface area contributed by atoms with Crippen LogP contribution in [0.4, 0.5) is 5.82 Å². The Balaban J connectivity index is 2.60. The zero-order valence-electron chi connectivity index (χ0n) is 10.7. The van der Waals surface area contributed by atoms with E-state index in [4.69, 9.17) is 0 Å². The van der Waals surface area contributed by atoms with Crippen LogP contribution >= 0.6 is 0 Å². The summed E-state index contributed by atoms with van der Waals surface area (Å²) in [6.45, 7) is 4.13. The maximum atomic E-state index is 4.57. The van der Waals surface area contributed by atoms with E-state index in [0.29, 0.717) is 5.82 Å². The first kappa shape index (κ1) is 11.6. The van der Waals surface area contributed by atoms with E-state index in [0.717, 1.165) is 29.3 Å². The molecule has 0 aliphatic heterocycles. The molecular formula is C12H17N5. The van der Waals surface area contributed by atoms with Crippen LogP contribution in [-0.2, 0) is 13.5 Å². The minimum Gasteiger partial charge on any atom is -0.373 e. The minimum atomic E-state index is 0.671. The molecule has 0 bridgehead atoms. The van der Waals surface area contributed by atoms with Gasteiger partial charge < -0.3 is 9.88 Å². The molecule has 2 aromatic heterocycles. The van der Waals surface area contributed by atoms with Crippen LogP contribution in [0.3, 0.4) is 0 Å². The van der Waals surface area contributed by atoms with Crippen LogP contribution < -0.4 is 5.32 Å². The lowest BCUT2D eigenvalue weighted by atomic mass is 10.2. The SMILES string of the molecule is CCc1nc(-c2nccn2C)nc(NC)c1C. The second-order valence-corrected chi connectivity index (χ2v) is 3.93. The van der Waals surface area contributed by atoms with E-state index in [-0.39, 0.29) is 0 Å². The Kier molecular flexibility index (Phi) is 3.08. The van der Waals surface area contributed by atoms with Crippen LogP contribution in [0.2, 0.25) is 0 Å². The molecule has 0 aromatic carbocycles. The van der Waals surface area contributed by atoms with Gasteiger partial charge >= 0.3 is 0 Å². The van der Waals surface area contributed by atoms with Crippen molar-refractivity contribution >= 4 is 5.82 Å². The summed E-state index contributed by atoms with van der Waals surface area (Å²) in [6, 6.07) is 0. The molecule has 0 radical (unpaired) electrons. The molecule has 0 fully saturated rings. The molecule has 90 valence electrons. The molecule has 5 nitrogen and oxygen atoms in total. The van der Waals surface area contributed by atoms with Crippen LogP contribution in [-0.4, -0.2) is 26.6 Å². The molecule has 1 N–H and O–H groups in total. The smallest absolute Gasteiger partial charge is 0.198 e. The Morgan fingerprint density at radius 2 is 2.12 bits per heavy atom. The van der Waals surface area contributed by atoms with Crippen LogP contribution in [0, 0.1) is 6.92 Å². The Hall–Kier alpha value is -1.91. The van der Waals surface area contributed by atoms with E-state index in [9.17, 15) is 0 Å². The van der Waals surface area contributed by atoms with Crippen LogP contribution in [0.5, 0.6) is 0 Å². The number of imidazole rings is 1. The van der Waals surface area contributed by atoms with Crippen LogP contribution in [0.1, 0.15) is 18.2 Å². The molecule has 5 heteroatoms. The second-order valence-electron chi connectivity index (χ2n) is 3.93. The number of anilines is 1. The second kappa shape index (κ2) is 4.53. The van der Waals surface area contributed by atoms with Gasteiger partial charge in [-0.25, -0.2) is 15.0 Å². The summed E-state index contributed by atoms with van der Waals surface area (Å²) < 4.78 is 1.92. The third-order valence-electron chi connectivity index (χ3n) is 2.84. The molecule has 0 atom stereocenters. The minimum absolute atomic E-state index is 0.671. The van der Waals surface area contributed by atoms with E-state index in [1.54, 1.807) is 6.20 Å². The van der Waals surface area contributed by atoms with E-state index < -0.39 is 0 Å². The maximum absolute atomic E-state index is 4.57. The van der Waals surface area contributed by atoms with Crippen LogP contribution in [0.25, 0.3) is 11.6 Å². The highest BCUT2D eigenvalue weighted by molar-refractivity contribution is 5.54. The number of hydrogen-bond acceptors (Lipinski definition) is 4. The Bertz CT molecular complexity index is 504. The Labute approximate surface area is 101 Å². The zero-order chi connectivity index (χ0) is 12.4. The molecule has 0 unspecified atom stereocenters. The first-order chi connectivity index (χ1) is 8.17. The van der Waals surface area contributed by atoms with E-state index >= 15 is 0 Å². The molecule has 2 rings (SSSR count). The summed E-state index contributed by atoms with van der Waals surface area (Å²) in [7, 11) is 3.81. The third kappa shape index (κ3) is 2.00. The van der Waals surface area contributed by atoms with E-state index in [1.165, 1.54) is 0 Å². The summed E-state index contributed by atoms with van der Waals surface area (Å²) in [5.41, 5.74) is 2.16. The van der Waals surface area contributed by atoms with Gasteiger partial charge in [0.05, 0.1) is 0 Å². The van der Waals surface area contributed by atoms with Gasteiger partial charge in [0.15, 0.2) is 11.6 Å². The van der Waals surface area contributed by atoms with Gasteiger partial charge in [-0.15, -0.1) is 0 Å². The summed E-state index contributed by atoms with van der Waals surface area (Å²) in [5.74, 6) is 2.33. The topological polar surface area (TPSA) is 55.6 Å². The predicted octanol–water partition coefficient (Wildman–Crippen LogP) is 1.79. The number of aromatic nitrogens is 4. The van der Waals surface area contributed by atoms with Crippen molar-refractivity contribution in [2.75, 3.05) is 12.4 Å². The van der Waals surface area contributed by atoms with E-state index in [2.05, 4.69) is 27.2 Å². The van der Waals surface area contributed by atoms with Crippen LogP contribution in [0.15, 0.2) is 12.4 Å². The lowest BCUT2D eigenvalue weighted by Crippen LogP contribution is -2.06. The number of hydrogen-bond donors (Lipinski definition) is 1. The molecular weight excluding hydrogens is 214 g/mol. The highest BCUT2D eigenvalue weighted by atomic mass is 15.1. The average Bonchev–Trinajstić information content (AvgIpc) is 2.76. The van der Waals surface area contributed by atoms with Gasteiger partial charge in [0.1, 0.15) is 5.82 Å². The fourth-order valence-electron chi connectivity index (χ4n) is 1.83. The highest BCUT2D eigenvalue weighted by Crippen LogP contribution is 2.20. The van der Waals surface area contributed by atoms with Crippen molar-refractivity contribution in [1.82, 2.24) is 19.5 Å². The van der Waals surface area contributed by atoms with Crippen molar-refractivity contribution < 1.29 is 0 Å². The third-order valence-corrected chi connectivity index (χ3v) is 2.84.